The standard InChI is InChI=1S/C17H18N2O2/c1-12(20)14-8-5-9-15(10-14)19-17(21)11-16(18)13-6-3-2-4-7-13/h2-10,16H,11,18H2,1H3,(H,19,21). The summed E-state index contributed by atoms with van der Waals surface area (Å²) in [7, 11) is 0. The lowest BCUT2D eigenvalue weighted by atomic mass is 10.0. The number of nitrogens with one attached hydrogen (secondary N) is 1. The van der Waals surface area contributed by atoms with Gasteiger partial charge in [-0.25, -0.2) is 0 Å². The topological polar surface area (TPSA) is 72.2 Å². The van der Waals surface area contributed by atoms with E-state index in [-0.39, 0.29) is 24.2 Å². The molecule has 21 heavy (non-hydrogen) atoms. The van der Waals surface area contributed by atoms with Crippen molar-refractivity contribution in [2.24, 2.45) is 5.73 Å². The number of Topliss-reactive ketones (excluding diaryl/α,β-unsaturated/α-hetero) is 1. The van der Waals surface area contributed by atoms with E-state index >= 15 is 0 Å². The van der Waals surface area contributed by atoms with Crippen LogP contribution in [0, 0.1) is 0 Å². The third-order valence-corrected chi connectivity index (χ3v) is 3.19. The minimum absolute atomic E-state index is 0.0351. The monoisotopic (exact) mass is 282 g/mol. The van der Waals surface area contributed by atoms with Crippen LogP contribution in [0.5, 0.6) is 0 Å². The van der Waals surface area contributed by atoms with E-state index in [0.29, 0.717) is 11.3 Å². The van der Waals surface area contributed by atoms with Crippen LogP contribution in [-0.4, -0.2) is 11.7 Å². The SMILES string of the molecule is CC(=O)c1cccc(NC(=O)CC(N)c2ccccc2)c1. The highest BCUT2D eigenvalue weighted by Crippen LogP contribution is 2.16. The summed E-state index contributed by atoms with van der Waals surface area (Å²) in [5, 5.41) is 2.77. The third-order valence-electron chi connectivity index (χ3n) is 3.19. The van der Waals surface area contributed by atoms with E-state index in [1.54, 1.807) is 24.3 Å². The van der Waals surface area contributed by atoms with Gasteiger partial charge in [0, 0.05) is 23.7 Å². The van der Waals surface area contributed by atoms with E-state index in [1.165, 1.54) is 6.92 Å². The predicted molar refractivity (Wildman–Crippen MR) is 83.1 cm³/mol. The summed E-state index contributed by atoms with van der Waals surface area (Å²) in [6, 6.07) is 16.0. The van der Waals surface area contributed by atoms with Crippen molar-refractivity contribution in [2.75, 3.05) is 5.32 Å². The van der Waals surface area contributed by atoms with Crippen LogP contribution >= 0.6 is 0 Å². The fourth-order valence-electron chi connectivity index (χ4n) is 2.05. The first-order valence-electron chi connectivity index (χ1n) is 6.77. The molecule has 0 saturated carbocycles. The number of benzene rings is 2. The second-order valence-electron chi connectivity index (χ2n) is 4.91. The Kier molecular flexibility index (Phi) is 4.85. The molecule has 0 spiro atoms. The van der Waals surface area contributed by atoms with E-state index in [9.17, 15) is 9.59 Å². The summed E-state index contributed by atoms with van der Waals surface area (Å²) in [5.41, 5.74) is 8.11. The first-order chi connectivity index (χ1) is 10.1. The van der Waals surface area contributed by atoms with Gasteiger partial charge in [0.1, 0.15) is 0 Å². The number of hydrogen-bond acceptors (Lipinski definition) is 3. The first kappa shape index (κ1) is 14.9. The van der Waals surface area contributed by atoms with Gasteiger partial charge in [-0.1, -0.05) is 42.5 Å². The molecule has 3 N–H and O–H groups in total. The minimum Gasteiger partial charge on any atom is -0.326 e. The molecule has 0 bridgehead atoms. The zero-order chi connectivity index (χ0) is 15.2. The van der Waals surface area contributed by atoms with Crippen molar-refractivity contribution in [2.45, 2.75) is 19.4 Å². The molecule has 2 rings (SSSR count). The number of amides is 1. The van der Waals surface area contributed by atoms with Crippen LogP contribution in [0.1, 0.15) is 35.3 Å². The average Bonchev–Trinajstić information content (AvgIpc) is 2.48. The third kappa shape index (κ3) is 4.26. The fraction of sp³-hybridized carbons (Fsp3) is 0.176. The molecule has 4 nitrogen and oxygen atoms in total. The molecule has 2 aromatic carbocycles. The lowest BCUT2D eigenvalue weighted by Crippen LogP contribution is -2.20. The summed E-state index contributed by atoms with van der Waals surface area (Å²) >= 11 is 0. The molecule has 0 aliphatic carbocycles. The second-order valence-corrected chi connectivity index (χ2v) is 4.91. The lowest BCUT2D eigenvalue weighted by molar-refractivity contribution is -0.116. The van der Waals surface area contributed by atoms with Crippen molar-refractivity contribution in [3.63, 3.8) is 0 Å². The van der Waals surface area contributed by atoms with Crippen LogP contribution < -0.4 is 11.1 Å². The molecule has 108 valence electrons. The quantitative estimate of drug-likeness (QED) is 0.828. The summed E-state index contributed by atoms with van der Waals surface area (Å²) in [4.78, 5) is 23.3. The molecule has 0 heterocycles. The van der Waals surface area contributed by atoms with Crippen LogP contribution in [0.2, 0.25) is 0 Å². The summed E-state index contributed by atoms with van der Waals surface area (Å²) in [6.45, 7) is 1.49. The van der Waals surface area contributed by atoms with Gasteiger partial charge in [0.25, 0.3) is 0 Å². The van der Waals surface area contributed by atoms with Crippen LogP contribution in [0.25, 0.3) is 0 Å². The molecular weight excluding hydrogens is 264 g/mol. The van der Waals surface area contributed by atoms with E-state index in [0.717, 1.165) is 5.56 Å². The predicted octanol–water partition coefficient (Wildman–Crippen LogP) is 2.92. The van der Waals surface area contributed by atoms with Gasteiger partial charge in [-0.15, -0.1) is 0 Å². The average molecular weight is 282 g/mol. The number of ketones is 1. The van der Waals surface area contributed by atoms with Crippen molar-refractivity contribution in [3.8, 4) is 0 Å². The van der Waals surface area contributed by atoms with E-state index in [2.05, 4.69) is 5.32 Å². The Labute approximate surface area is 124 Å². The zero-order valence-corrected chi connectivity index (χ0v) is 11.9. The van der Waals surface area contributed by atoms with Gasteiger partial charge < -0.3 is 11.1 Å². The lowest BCUT2D eigenvalue weighted by Gasteiger charge is -2.12. The maximum Gasteiger partial charge on any atom is 0.226 e. The van der Waals surface area contributed by atoms with Gasteiger partial charge in [0.15, 0.2) is 5.78 Å². The van der Waals surface area contributed by atoms with E-state index in [4.69, 9.17) is 5.73 Å². The summed E-state index contributed by atoms with van der Waals surface area (Å²) in [5.74, 6) is -0.209. The van der Waals surface area contributed by atoms with Gasteiger partial charge in [-0.2, -0.15) is 0 Å². The number of carbonyl (C=O) groups excluding carboxylic acids is 2. The van der Waals surface area contributed by atoms with Gasteiger partial charge in [0.05, 0.1) is 0 Å². The molecule has 2 aromatic rings. The smallest absolute Gasteiger partial charge is 0.226 e. The maximum atomic E-state index is 12.0. The highest BCUT2D eigenvalue weighted by molar-refractivity contribution is 5.97. The molecule has 4 heteroatoms. The summed E-state index contributed by atoms with van der Waals surface area (Å²) in [6.07, 6.45) is 0.189. The molecule has 1 atom stereocenters. The van der Waals surface area contributed by atoms with Crippen molar-refractivity contribution < 1.29 is 9.59 Å². The zero-order valence-electron chi connectivity index (χ0n) is 11.9. The van der Waals surface area contributed by atoms with Crippen LogP contribution in [0.15, 0.2) is 54.6 Å². The number of nitrogens with two attached hydrogens (primary N) is 1. The normalized spacial score (nSPS) is 11.7. The highest BCUT2D eigenvalue weighted by Gasteiger charge is 2.12. The fourth-order valence-corrected chi connectivity index (χ4v) is 2.05. The first-order valence-corrected chi connectivity index (χ1v) is 6.77. The Morgan fingerprint density at radius 3 is 2.48 bits per heavy atom. The van der Waals surface area contributed by atoms with Crippen molar-refractivity contribution in [3.05, 3.63) is 65.7 Å². The Morgan fingerprint density at radius 2 is 1.81 bits per heavy atom. The number of hydrogen-bond donors (Lipinski definition) is 2. The molecule has 1 unspecified atom stereocenters. The molecule has 0 aliphatic rings. The van der Waals surface area contributed by atoms with Crippen molar-refractivity contribution in [1.82, 2.24) is 0 Å². The van der Waals surface area contributed by atoms with Crippen LogP contribution in [-0.2, 0) is 4.79 Å². The number of rotatable bonds is 5. The molecule has 1 amide bonds. The molecule has 0 aromatic heterocycles. The Morgan fingerprint density at radius 1 is 1.10 bits per heavy atom. The molecular formula is C17H18N2O2. The molecule has 0 fully saturated rings. The minimum atomic E-state index is -0.345. The van der Waals surface area contributed by atoms with Crippen LogP contribution in [0.4, 0.5) is 5.69 Å². The Hall–Kier alpha value is -2.46. The Bertz CT molecular complexity index is 638. The van der Waals surface area contributed by atoms with Crippen molar-refractivity contribution in [1.29, 1.82) is 0 Å². The van der Waals surface area contributed by atoms with Gasteiger partial charge in [0.2, 0.25) is 5.91 Å². The van der Waals surface area contributed by atoms with Crippen molar-refractivity contribution >= 4 is 17.4 Å². The Balaban J connectivity index is 1.99. The van der Waals surface area contributed by atoms with Crippen LogP contribution in [0.3, 0.4) is 0 Å². The van der Waals surface area contributed by atoms with Gasteiger partial charge >= 0.3 is 0 Å². The second kappa shape index (κ2) is 6.81. The largest absolute Gasteiger partial charge is 0.326 e. The summed E-state index contributed by atoms with van der Waals surface area (Å²) < 4.78 is 0. The molecule has 0 saturated heterocycles. The molecule has 0 radical (unpaired) electrons. The molecule has 0 aliphatic heterocycles. The van der Waals surface area contributed by atoms with Gasteiger partial charge in [-0.05, 0) is 24.6 Å². The number of carbonyl (C=O) groups is 2. The number of anilines is 1. The van der Waals surface area contributed by atoms with E-state index < -0.39 is 0 Å². The maximum absolute atomic E-state index is 12.0. The van der Waals surface area contributed by atoms with Gasteiger partial charge in [-0.3, -0.25) is 9.59 Å². The van der Waals surface area contributed by atoms with E-state index in [1.807, 2.05) is 30.3 Å². The highest BCUT2D eigenvalue weighted by atomic mass is 16.1.